The first kappa shape index (κ1) is 16.7. The maximum absolute atomic E-state index is 12.1. The van der Waals surface area contributed by atoms with E-state index in [0.29, 0.717) is 26.1 Å². The molecule has 1 fully saturated rings. The Kier molecular flexibility index (Phi) is 6.22. The largest absolute Gasteiger partial charge is 0.481 e. The fraction of sp³-hybridized carbons (Fsp3) is 0.846. The molecule has 0 aromatic heterocycles. The van der Waals surface area contributed by atoms with Gasteiger partial charge >= 0.3 is 12.0 Å². The Hall–Kier alpha value is -1.34. The molecule has 0 aromatic rings. The van der Waals surface area contributed by atoms with Crippen LogP contribution in [0.15, 0.2) is 0 Å². The van der Waals surface area contributed by atoms with Crippen molar-refractivity contribution in [1.82, 2.24) is 10.2 Å². The van der Waals surface area contributed by atoms with Crippen molar-refractivity contribution in [1.29, 1.82) is 0 Å². The Morgan fingerprint density at radius 2 is 1.95 bits per heavy atom. The van der Waals surface area contributed by atoms with Gasteiger partial charge in [-0.1, -0.05) is 0 Å². The molecule has 7 nitrogen and oxygen atoms in total. The predicted molar refractivity (Wildman–Crippen MR) is 72.4 cm³/mol. The van der Waals surface area contributed by atoms with Crippen LogP contribution in [-0.2, 0) is 9.53 Å². The van der Waals surface area contributed by atoms with Crippen molar-refractivity contribution in [2.24, 2.45) is 5.41 Å². The summed E-state index contributed by atoms with van der Waals surface area (Å²) in [5.41, 5.74) is -0.949. The monoisotopic (exact) mass is 288 g/mol. The highest BCUT2D eigenvalue weighted by atomic mass is 16.5. The third-order valence-electron chi connectivity index (χ3n) is 3.71. The lowest BCUT2D eigenvalue weighted by atomic mass is 9.80. The molecule has 0 spiro atoms. The Bertz CT molecular complexity index is 340. The normalized spacial score (nSPS) is 17.8. The number of ether oxygens (including phenoxy) is 1. The Morgan fingerprint density at radius 1 is 1.35 bits per heavy atom. The molecule has 0 aliphatic carbocycles. The maximum Gasteiger partial charge on any atom is 0.317 e. The lowest BCUT2D eigenvalue weighted by Gasteiger charge is -2.34. The van der Waals surface area contributed by atoms with E-state index in [0.717, 1.165) is 0 Å². The average Bonchev–Trinajstić information content (AvgIpc) is 2.42. The second-order valence-corrected chi connectivity index (χ2v) is 5.37. The summed E-state index contributed by atoms with van der Waals surface area (Å²) in [4.78, 5) is 25.0. The van der Waals surface area contributed by atoms with Crippen molar-refractivity contribution in [3.63, 3.8) is 0 Å². The zero-order valence-corrected chi connectivity index (χ0v) is 12.1. The first-order valence-electron chi connectivity index (χ1n) is 6.89. The third kappa shape index (κ3) is 4.08. The number of aliphatic hydroxyl groups is 1. The highest BCUT2D eigenvalue weighted by Gasteiger charge is 2.40. The highest BCUT2D eigenvalue weighted by Crippen LogP contribution is 2.30. The summed E-state index contributed by atoms with van der Waals surface area (Å²) in [5, 5.41) is 21.0. The second kappa shape index (κ2) is 7.44. The van der Waals surface area contributed by atoms with E-state index < -0.39 is 11.4 Å². The molecular weight excluding hydrogens is 264 g/mol. The van der Waals surface area contributed by atoms with Crippen molar-refractivity contribution >= 4 is 12.0 Å². The van der Waals surface area contributed by atoms with Gasteiger partial charge in [0.15, 0.2) is 0 Å². The third-order valence-corrected chi connectivity index (χ3v) is 3.71. The number of amides is 2. The number of carboxylic acid groups (broad SMARTS) is 1. The van der Waals surface area contributed by atoms with Gasteiger partial charge in [0.1, 0.15) is 0 Å². The SMILES string of the molecule is CC(C)N(CCO)C(=O)NCC1(C(=O)O)CCOCC1. The van der Waals surface area contributed by atoms with Crippen LogP contribution >= 0.6 is 0 Å². The summed E-state index contributed by atoms with van der Waals surface area (Å²) in [5.74, 6) is -0.903. The average molecular weight is 288 g/mol. The van der Waals surface area contributed by atoms with E-state index in [9.17, 15) is 14.7 Å². The van der Waals surface area contributed by atoms with Crippen molar-refractivity contribution in [3.05, 3.63) is 0 Å². The number of rotatable bonds is 6. The Balaban J connectivity index is 2.62. The first-order chi connectivity index (χ1) is 9.43. The first-order valence-corrected chi connectivity index (χ1v) is 6.89. The van der Waals surface area contributed by atoms with E-state index in [4.69, 9.17) is 9.84 Å². The Labute approximate surface area is 118 Å². The molecule has 0 unspecified atom stereocenters. The van der Waals surface area contributed by atoms with Crippen molar-refractivity contribution in [2.75, 3.05) is 32.9 Å². The quantitative estimate of drug-likeness (QED) is 0.652. The van der Waals surface area contributed by atoms with Gasteiger partial charge < -0.3 is 25.2 Å². The van der Waals surface area contributed by atoms with Gasteiger partial charge in [0.05, 0.1) is 12.0 Å². The summed E-state index contributed by atoms with van der Waals surface area (Å²) in [6.45, 7) is 4.67. The molecule has 1 saturated heterocycles. The Morgan fingerprint density at radius 3 is 2.40 bits per heavy atom. The number of hydrogen-bond donors (Lipinski definition) is 3. The minimum atomic E-state index is -0.949. The van der Waals surface area contributed by atoms with Crippen LogP contribution in [0.25, 0.3) is 0 Å². The standard InChI is InChI=1S/C13H24N2O5/c1-10(2)15(5-6-16)12(19)14-9-13(11(17)18)3-7-20-8-4-13/h10,16H,3-9H2,1-2H3,(H,14,19)(H,17,18). The van der Waals surface area contributed by atoms with E-state index in [-0.39, 0.29) is 31.8 Å². The molecule has 1 rings (SSSR count). The van der Waals surface area contributed by atoms with E-state index in [1.807, 2.05) is 13.8 Å². The molecule has 0 radical (unpaired) electrons. The number of urea groups is 1. The van der Waals surface area contributed by atoms with Crippen molar-refractivity contribution < 1.29 is 24.5 Å². The fourth-order valence-electron chi connectivity index (χ4n) is 2.28. The molecule has 0 saturated carbocycles. The smallest absolute Gasteiger partial charge is 0.317 e. The van der Waals surface area contributed by atoms with Gasteiger partial charge in [-0.25, -0.2) is 4.79 Å². The molecule has 0 atom stereocenters. The summed E-state index contributed by atoms with van der Waals surface area (Å²) < 4.78 is 5.19. The van der Waals surface area contributed by atoms with E-state index in [1.165, 1.54) is 4.90 Å². The maximum atomic E-state index is 12.1. The molecule has 20 heavy (non-hydrogen) atoms. The zero-order valence-electron chi connectivity index (χ0n) is 12.1. The molecule has 0 aromatic carbocycles. The van der Waals surface area contributed by atoms with Gasteiger partial charge in [-0.05, 0) is 26.7 Å². The van der Waals surface area contributed by atoms with E-state index >= 15 is 0 Å². The lowest BCUT2D eigenvalue weighted by Crippen LogP contribution is -2.51. The number of nitrogens with one attached hydrogen (secondary N) is 1. The van der Waals surface area contributed by atoms with Crippen LogP contribution in [0.4, 0.5) is 4.79 Å². The number of aliphatic hydroxyl groups excluding tert-OH is 1. The molecule has 116 valence electrons. The minimum Gasteiger partial charge on any atom is -0.481 e. The lowest BCUT2D eigenvalue weighted by molar-refractivity contribution is -0.154. The number of carbonyl (C=O) groups is 2. The molecule has 1 aliphatic rings. The van der Waals surface area contributed by atoms with Crippen molar-refractivity contribution in [3.8, 4) is 0 Å². The topological polar surface area (TPSA) is 99.1 Å². The van der Waals surface area contributed by atoms with Gasteiger partial charge in [-0.2, -0.15) is 0 Å². The van der Waals surface area contributed by atoms with Crippen LogP contribution in [0.5, 0.6) is 0 Å². The van der Waals surface area contributed by atoms with Crippen LogP contribution in [0.3, 0.4) is 0 Å². The van der Waals surface area contributed by atoms with Gasteiger partial charge in [-0.15, -0.1) is 0 Å². The molecular formula is C13H24N2O5. The van der Waals surface area contributed by atoms with E-state index in [2.05, 4.69) is 5.32 Å². The van der Waals surface area contributed by atoms with Crippen LogP contribution in [0.2, 0.25) is 0 Å². The molecule has 2 amide bonds. The van der Waals surface area contributed by atoms with Gasteiger partial charge in [0.2, 0.25) is 0 Å². The van der Waals surface area contributed by atoms with Crippen LogP contribution < -0.4 is 5.32 Å². The number of nitrogens with zero attached hydrogens (tertiary/aromatic N) is 1. The summed E-state index contributed by atoms with van der Waals surface area (Å²) in [7, 11) is 0. The second-order valence-electron chi connectivity index (χ2n) is 5.37. The number of carbonyl (C=O) groups excluding carboxylic acids is 1. The van der Waals surface area contributed by atoms with E-state index in [1.54, 1.807) is 0 Å². The molecule has 7 heteroatoms. The van der Waals surface area contributed by atoms with Crippen molar-refractivity contribution in [2.45, 2.75) is 32.7 Å². The van der Waals surface area contributed by atoms with Gasteiger partial charge in [0, 0.05) is 32.3 Å². The number of hydrogen-bond acceptors (Lipinski definition) is 4. The molecule has 1 aliphatic heterocycles. The summed E-state index contributed by atoms with van der Waals surface area (Å²) >= 11 is 0. The summed E-state index contributed by atoms with van der Waals surface area (Å²) in [6, 6.07) is -0.404. The summed E-state index contributed by atoms with van der Waals surface area (Å²) in [6.07, 6.45) is 0.786. The van der Waals surface area contributed by atoms with Crippen LogP contribution in [0.1, 0.15) is 26.7 Å². The highest BCUT2D eigenvalue weighted by molar-refractivity contribution is 5.78. The molecule has 1 heterocycles. The van der Waals surface area contributed by atoms with Gasteiger partial charge in [-0.3, -0.25) is 4.79 Å². The van der Waals surface area contributed by atoms with Gasteiger partial charge in [0.25, 0.3) is 0 Å². The zero-order chi connectivity index (χ0) is 15.2. The fourth-order valence-corrected chi connectivity index (χ4v) is 2.28. The minimum absolute atomic E-state index is 0.0578. The molecule has 3 N–H and O–H groups in total. The predicted octanol–water partition coefficient (Wildman–Crippen LogP) is 0.280. The number of carboxylic acids is 1. The molecule has 0 bridgehead atoms. The van der Waals surface area contributed by atoms with Crippen LogP contribution in [-0.4, -0.2) is 66.1 Å². The number of aliphatic carboxylic acids is 1. The van der Waals surface area contributed by atoms with Crippen LogP contribution in [0, 0.1) is 5.41 Å².